The maximum atomic E-state index is 13.1. The number of piperidine rings is 1. The van der Waals surface area contributed by atoms with Gasteiger partial charge < -0.3 is 10.2 Å². The highest BCUT2D eigenvalue weighted by Crippen LogP contribution is 2.23. The van der Waals surface area contributed by atoms with Crippen LogP contribution in [-0.2, 0) is 11.3 Å². The number of nitrogens with one attached hydrogen (secondary N) is 1. The minimum atomic E-state index is -0.290. The topological polar surface area (TPSA) is 93.0 Å². The Bertz CT molecular complexity index is 1100. The number of hydrogen-bond acceptors (Lipinski definition) is 6. The van der Waals surface area contributed by atoms with Gasteiger partial charge in [-0.2, -0.15) is 5.10 Å². The molecule has 1 atom stereocenters. The molecule has 1 aliphatic rings. The van der Waals surface area contributed by atoms with Crippen LogP contribution < -0.4 is 15.8 Å². The maximum Gasteiger partial charge on any atom is 0.266 e. The molecule has 3 aromatic rings. The molecule has 0 saturated carbocycles. The van der Waals surface area contributed by atoms with E-state index in [0.29, 0.717) is 31.7 Å². The second-order valence-electron chi connectivity index (χ2n) is 7.80. The Morgan fingerprint density at radius 3 is 2.72 bits per heavy atom. The average Bonchev–Trinajstić information content (AvgIpc) is 2.83. The van der Waals surface area contributed by atoms with Gasteiger partial charge >= 0.3 is 0 Å². The van der Waals surface area contributed by atoms with E-state index in [1.807, 2.05) is 12.1 Å². The number of hydrogen-bond donors (Lipinski definition) is 1. The first-order valence-electron chi connectivity index (χ1n) is 10.7. The Morgan fingerprint density at radius 2 is 1.97 bits per heavy atom. The Morgan fingerprint density at radius 1 is 1.12 bits per heavy atom. The van der Waals surface area contributed by atoms with E-state index in [9.17, 15) is 14.0 Å². The number of carbonyl (C=O) groups is 1. The van der Waals surface area contributed by atoms with E-state index in [4.69, 9.17) is 0 Å². The molecule has 3 heterocycles. The molecule has 1 fully saturated rings. The quantitative estimate of drug-likeness (QED) is 0.571. The van der Waals surface area contributed by atoms with Gasteiger partial charge in [-0.05, 0) is 61.7 Å². The summed E-state index contributed by atoms with van der Waals surface area (Å²) < 4.78 is 14.5. The molecule has 1 unspecified atom stereocenters. The molecule has 8 nitrogen and oxygen atoms in total. The summed E-state index contributed by atoms with van der Waals surface area (Å²) in [6.45, 7) is 2.35. The summed E-state index contributed by atoms with van der Waals surface area (Å²) >= 11 is 0. The fraction of sp³-hybridized carbons (Fsp3) is 0.348. The standard InChI is InChI=1S/C23H25FN6O2/c24-19-8-6-17(7-9-19)20-10-11-21(28-27-20)29-14-2-4-18(16-29)23(32)25-12-3-15-30-22(31)5-1-13-26-30/h1,5-11,13,18H,2-4,12,14-16H2,(H,25,32). The van der Waals surface area contributed by atoms with E-state index >= 15 is 0 Å². The van der Waals surface area contributed by atoms with E-state index in [-0.39, 0.29) is 23.2 Å². The van der Waals surface area contributed by atoms with E-state index in [0.717, 1.165) is 30.8 Å². The van der Waals surface area contributed by atoms with Gasteiger partial charge in [-0.3, -0.25) is 9.59 Å². The first-order chi connectivity index (χ1) is 15.6. The smallest absolute Gasteiger partial charge is 0.266 e. The average molecular weight is 436 g/mol. The van der Waals surface area contributed by atoms with Crippen molar-refractivity contribution in [2.75, 3.05) is 24.5 Å². The van der Waals surface area contributed by atoms with Crippen LogP contribution in [0.2, 0.25) is 0 Å². The zero-order chi connectivity index (χ0) is 22.3. The highest BCUT2D eigenvalue weighted by Gasteiger charge is 2.26. The van der Waals surface area contributed by atoms with Crippen LogP contribution in [0, 0.1) is 11.7 Å². The molecule has 4 rings (SSSR count). The number of benzene rings is 1. The number of carbonyl (C=O) groups excluding carboxylic acids is 1. The van der Waals surface area contributed by atoms with E-state index in [1.165, 1.54) is 22.9 Å². The van der Waals surface area contributed by atoms with Gasteiger partial charge in [-0.15, -0.1) is 10.2 Å². The molecule has 0 spiro atoms. The zero-order valence-corrected chi connectivity index (χ0v) is 17.7. The highest BCUT2D eigenvalue weighted by atomic mass is 19.1. The normalized spacial score (nSPS) is 16.0. The third kappa shape index (κ3) is 5.35. The number of halogens is 1. The SMILES string of the molecule is O=C(NCCCn1ncccc1=O)C1CCCN(c2ccc(-c3ccc(F)cc3)nn2)C1. The molecule has 2 aromatic heterocycles. The van der Waals surface area contributed by atoms with Crippen molar-refractivity contribution in [1.82, 2.24) is 25.3 Å². The highest BCUT2D eigenvalue weighted by molar-refractivity contribution is 5.79. The minimum absolute atomic E-state index is 0.0129. The summed E-state index contributed by atoms with van der Waals surface area (Å²) in [6, 6.07) is 13.0. The molecule has 0 radical (unpaired) electrons. The van der Waals surface area contributed by atoms with E-state index in [2.05, 4.69) is 25.5 Å². The first-order valence-corrected chi connectivity index (χ1v) is 10.7. The summed E-state index contributed by atoms with van der Waals surface area (Å²) in [7, 11) is 0. The van der Waals surface area contributed by atoms with Crippen LogP contribution in [0.3, 0.4) is 0 Å². The van der Waals surface area contributed by atoms with Crippen molar-refractivity contribution in [2.24, 2.45) is 5.92 Å². The number of aromatic nitrogens is 4. The second-order valence-corrected chi connectivity index (χ2v) is 7.80. The van der Waals surface area contributed by atoms with Crippen LogP contribution in [-0.4, -0.2) is 45.5 Å². The first kappa shape index (κ1) is 21.6. The molecule has 166 valence electrons. The van der Waals surface area contributed by atoms with Crippen LogP contribution in [0.1, 0.15) is 19.3 Å². The Balaban J connectivity index is 1.29. The molecule has 1 amide bonds. The van der Waals surface area contributed by atoms with Gasteiger partial charge in [0.25, 0.3) is 5.56 Å². The van der Waals surface area contributed by atoms with E-state index < -0.39 is 0 Å². The predicted molar refractivity (Wildman–Crippen MR) is 118 cm³/mol. The van der Waals surface area contributed by atoms with Crippen molar-refractivity contribution < 1.29 is 9.18 Å². The molecule has 1 N–H and O–H groups in total. The summed E-state index contributed by atoms with van der Waals surface area (Å²) in [5, 5.41) is 15.6. The van der Waals surface area contributed by atoms with Crippen molar-refractivity contribution >= 4 is 11.7 Å². The summed E-state index contributed by atoms with van der Waals surface area (Å²) in [4.78, 5) is 26.4. The van der Waals surface area contributed by atoms with Gasteiger partial charge in [0.15, 0.2) is 5.82 Å². The summed E-state index contributed by atoms with van der Waals surface area (Å²) in [5.74, 6) is 0.323. The third-order valence-corrected chi connectivity index (χ3v) is 5.54. The number of amides is 1. The van der Waals surface area contributed by atoms with Crippen LogP contribution in [0.25, 0.3) is 11.3 Å². The van der Waals surface area contributed by atoms with Crippen molar-refractivity contribution in [2.45, 2.75) is 25.8 Å². The molecular weight excluding hydrogens is 411 g/mol. The second kappa shape index (κ2) is 10.1. The summed E-state index contributed by atoms with van der Waals surface area (Å²) in [6.07, 6.45) is 3.92. The van der Waals surface area contributed by atoms with Crippen LogP contribution in [0.15, 0.2) is 59.5 Å². The lowest BCUT2D eigenvalue weighted by molar-refractivity contribution is -0.125. The Hall–Kier alpha value is -3.62. The van der Waals surface area contributed by atoms with Crippen LogP contribution >= 0.6 is 0 Å². The van der Waals surface area contributed by atoms with Gasteiger partial charge in [-0.25, -0.2) is 9.07 Å². The molecule has 1 aliphatic heterocycles. The summed E-state index contributed by atoms with van der Waals surface area (Å²) in [5.41, 5.74) is 1.33. The van der Waals surface area contributed by atoms with E-state index in [1.54, 1.807) is 24.4 Å². The molecule has 1 aromatic carbocycles. The minimum Gasteiger partial charge on any atom is -0.356 e. The molecule has 0 bridgehead atoms. The lowest BCUT2D eigenvalue weighted by Gasteiger charge is -2.32. The molecule has 9 heteroatoms. The maximum absolute atomic E-state index is 13.1. The lowest BCUT2D eigenvalue weighted by atomic mass is 9.97. The number of anilines is 1. The van der Waals surface area contributed by atoms with Gasteiger partial charge in [-0.1, -0.05) is 0 Å². The van der Waals surface area contributed by atoms with Crippen molar-refractivity contribution in [3.05, 3.63) is 70.9 Å². The Labute approximate surface area is 185 Å². The van der Waals surface area contributed by atoms with Crippen molar-refractivity contribution in [1.29, 1.82) is 0 Å². The largest absolute Gasteiger partial charge is 0.356 e. The molecular formula is C23H25FN6O2. The number of rotatable bonds is 7. The Kier molecular flexibility index (Phi) is 6.84. The van der Waals surface area contributed by atoms with Gasteiger partial charge in [0.2, 0.25) is 5.91 Å². The van der Waals surface area contributed by atoms with Crippen molar-refractivity contribution in [3.63, 3.8) is 0 Å². The fourth-order valence-corrected chi connectivity index (χ4v) is 3.81. The van der Waals surface area contributed by atoms with Crippen molar-refractivity contribution in [3.8, 4) is 11.3 Å². The predicted octanol–water partition coefficient (Wildman–Crippen LogP) is 2.26. The van der Waals surface area contributed by atoms with Gasteiger partial charge in [0.1, 0.15) is 5.82 Å². The number of aryl methyl sites for hydroxylation is 1. The monoisotopic (exact) mass is 436 g/mol. The zero-order valence-electron chi connectivity index (χ0n) is 17.7. The van der Waals surface area contributed by atoms with Crippen LogP contribution in [0.5, 0.6) is 0 Å². The molecule has 32 heavy (non-hydrogen) atoms. The van der Waals surface area contributed by atoms with Gasteiger partial charge in [0.05, 0.1) is 11.6 Å². The molecule has 0 aliphatic carbocycles. The van der Waals surface area contributed by atoms with Gasteiger partial charge in [0, 0.05) is 44.0 Å². The van der Waals surface area contributed by atoms with Crippen LogP contribution in [0.4, 0.5) is 10.2 Å². The third-order valence-electron chi connectivity index (χ3n) is 5.54. The molecule has 1 saturated heterocycles. The number of nitrogens with zero attached hydrogens (tertiary/aromatic N) is 5. The lowest BCUT2D eigenvalue weighted by Crippen LogP contribution is -2.43. The fourth-order valence-electron chi connectivity index (χ4n) is 3.81.